The Kier molecular flexibility index (Phi) is 4.19. The topological polar surface area (TPSA) is 72.8 Å². The van der Waals surface area contributed by atoms with E-state index in [-0.39, 0.29) is 17.1 Å². The van der Waals surface area contributed by atoms with Gasteiger partial charge in [0.05, 0.1) is 7.11 Å². The first-order valence-electron chi connectivity index (χ1n) is 5.81. The summed E-state index contributed by atoms with van der Waals surface area (Å²) in [5, 5.41) is 10.2. The minimum Gasteiger partial charge on any atom is -0.507 e. The Bertz CT molecular complexity index is 511. The molecule has 0 aromatic heterocycles. The largest absolute Gasteiger partial charge is 0.507 e. The van der Waals surface area contributed by atoms with Crippen LogP contribution >= 0.6 is 0 Å². The Morgan fingerprint density at radius 1 is 1.21 bits per heavy atom. The van der Waals surface area contributed by atoms with Gasteiger partial charge in [-0.1, -0.05) is 20.8 Å². The molecule has 1 aromatic rings. The fourth-order valence-electron chi connectivity index (χ4n) is 1.81. The van der Waals surface area contributed by atoms with Crippen LogP contribution < -0.4 is 4.74 Å². The molecule has 0 fully saturated rings. The third-order valence-corrected chi connectivity index (χ3v) is 2.55. The second kappa shape index (κ2) is 5.30. The van der Waals surface area contributed by atoms with Gasteiger partial charge in [-0.3, -0.25) is 4.79 Å². The van der Waals surface area contributed by atoms with Crippen LogP contribution in [0.5, 0.6) is 11.5 Å². The summed E-state index contributed by atoms with van der Waals surface area (Å²) < 4.78 is 9.67. The summed E-state index contributed by atoms with van der Waals surface area (Å²) in [7, 11) is 1.23. The molecule has 1 aromatic carbocycles. The quantitative estimate of drug-likeness (QED) is 0.657. The minimum atomic E-state index is -0.641. The van der Waals surface area contributed by atoms with Gasteiger partial charge in [-0.25, -0.2) is 4.79 Å². The van der Waals surface area contributed by atoms with Gasteiger partial charge in [-0.2, -0.15) is 0 Å². The number of phenols is 1. The fourth-order valence-corrected chi connectivity index (χ4v) is 1.81. The maximum atomic E-state index is 11.6. The first kappa shape index (κ1) is 15.0. The van der Waals surface area contributed by atoms with E-state index in [0.29, 0.717) is 5.56 Å². The molecule has 19 heavy (non-hydrogen) atoms. The van der Waals surface area contributed by atoms with Crippen molar-refractivity contribution < 1.29 is 24.2 Å². The lowest BCUT2D eigenvalue weighted by Gasteiger charge is -2.24. The van der Waals surface area contributed by atoms with E-state index in [2.05, 4.69) is 4.74 Å². The molecule has 0 aliphatic heterocycles. The minimum absolute atomic E-state index is 0.0447. The SMILES string of the molecule is COC(=O)c1ccc(OC(C)=O)c(C(C)(C)C)c1O. The average molecular weight is 266 g/mol. The molecular formula is C14H18O5. The molecule has 0 heterocycles. The summed E-state index contributed by atoms with van der Waals surface area (Å²) in [6.45, 7) is 6.81. The molecule has 0 aliphatic carbocycles. The number of carbonyl (C=O) groups excluding carboxylic acids is 2. The molecule has 0 amide bonds. The molecular weight excluding hydrogens is 248 g/mol. The predicted octanol–water partition coefficient (Wildman–Crippen LogP) is 2.40. The summed E-state index contributed by atoms with van der Waals surface area (Å²) in [5.74, 6) is -1.11. The molecule has 0 radical (unpaired) electrons. The van der Waals surface area contributed by atoms with Crippen molar-refractivity contribution in [1.82, 2.24) is 0 Å². The van der Waals surface area contributed by atoms with Crippen molar-refractivity contribution in [3.05, 3.63) is 23.3 Å². The van der Waals surface area contributed by atoms with Gasteiger partial charge < -0.3 is 14.6 Å². The van der Waals surface area contributed by atoms with E-state index in [1.54, 1.807) is 0 Å². The van der Waals surface area contributed by atoms with Gasteiger partial charge in [0, 0.05) is 12.5 Å². The number of aromatic hydroxyl groups is 1. The van der Waals surface area contributed by atoms with Crippen LogP contribution in [0.4, 0.5) is 0 Å². The molecule has 5 nitrogen and oxygen atoms in total. The van der Waals surface area contributed by atoms with E-state index in [0.717, 1.165) is 0 Å². The third kappa shape index (κ3) is 3.24. The number of methoxy groups -OCH3 is 1. The van der Waals surface area contributed by atoms with E-state index in [9.17, 15) is 14.7 Å². The van der Waals surface area contributed by atoms with Crippen LogP contribution in [0.25, 0.3) is 0 Å². The van der Waals surface area contributed by atoms with Crippen molar-refractivity contribution in [2.75, 3.05) is 7.11 Å². The van der Waals surface area contributed by atoms with Gasteiger partial charge in [-0.05, 0) is 17.5 Å². The normalized spacial score (nSPS) is 11.0. The summed E-state index contributed by atoms with van der Waals surface area (Å²) in [5.41, 5.74) is -0.0623. The third-order valence-electron chi connectivity index (χ3n) is 2.55. The van der Waals surface area contributed by atoms with Crippen molar-refractivity contribution >= 4 is 11.9 Å². The fraction of sp³-hybridized carbons (Fsp3) is 0.429. The number of benzene rings is 1. The Morgan fingerprint density at radius 3 is 2.21 bits per heavy atom. The maximum Gasteiger partial charge on any atom is 0.341 e. The van der Waals surface area contributed by atoms with Crippen molar-refractivity contribution in [3.8, 4) is 11.5 Å². The second-order valence-electron chi connectivity index (χ2n) is 5.17. The molecule has 0 aliphatic rings. The summed E-state index contributed by atoms with van der Waals surface area (Å²) in [6.07, 6.45) is 0. The van der Waals surface area contributed by atoms with Crippen molar-refractivity contribution in [3.63, 3.8) is 0 Å². The van der Waals surface area contributed by atoms with Crippen molar-refractivity contribution in [1.29, 1.82) is 0 Å². The van der Waals surface area contributed by atoms with Gasteiger partial charge >= 0.3 is 11.9 Å². The van der Waals surface area contributed by atoms with Gasteiger partial charge in [0.15, 0.2) is 0 Å². The van der Waals surface area contributed by atoms with E-state index in [1.165, 1.54) is 26.2 Å². The van der Waals surface area contributed by atoms with E-state index in [4.69, 9.17) is 4.74 Å². The molecule has 5 heteroatoms. The highest BCUT2D eigenvalue weighted by Gasteiger charge is 2.28. The van der Waals surface area contributed by atoms with Crippen LogP contribution in [-0.4, -0.2) is 24.2 Å². The zero-order valence-electron chi connectivity index (χ0n) is 11.7. The predicted molar refractivity (Wildman–Crippen MR) is 69.5 cm³/mol. The molecule has 0 bridgehead atoms. The zero-order valence-corrected chi connectivity index (χ0v) is 11.7. The summed E-state index contributed by atoms with van der Waals surface area (Å²) in [4.78, 5) is 22.6. The van der Waals surface area contributed by atoms with Gasteiger partial charge in [0.2, 0.25) is 0 Å². The molecule has 0 unspecified atom stereocenters. The lowest BCUT2D eigenvalue weighted by atomic mass is 9.84. The number of hydrogen-bond acceptors (Lipinski definition) is 5. The smallest absolute Gasteiger partial charge is 0.341 e. The highest BCUT2D eigenvalue weighted by Crippen LogP contribution is 2.40. The number of esters is 2. The Labute approximate surface area is 112 Å². The molecule has 0 atom stereocenters. The highest BCUT2D eigenvalue weighted by atomic mass is 16.5. The van der Waals surface area contributed by atoms with E-state index in [1.807, 2.05) is 20.8 Å². The zero-order chi connectivity index (χ0) is 14.8. The Balaban J connectivity index is 3.49. The Morgan fingerprint density at radius 2 is 1.79 bits per heavy atom. The van der Waals surface area contributed by atoms with Crippen LogP contribution in [0.1, 0.15) is 43.6 Å². The van der Waals surface area contributed by atoms with Gasteiger partial charge in [-0.15, -0.1) is 0 Å². The van der Waals surface area contributed by atoms with Crippen LogP contribution in [-0.2, 0) is 14.9 Å². The number of carbonyl (C=O) groups is 2. The number of hydrogen-bond donors (Lipinski definition) is 1. The number of rotatable bonds is 2. The molecule has 1 N–H and O–H groups in total. The first-order valence-corrected chi connectivity index (χ1v) is 5.81. The van der Waals surface area contributed by atoms with Crippen LogP contribution in [0.3, 0.4) is 0 Å². The first-order chi connectivity index (χ1) is 8.68. The van der Waals surface area contributed by atoms with Gasteiger partial charge in [0.1, 0.15) is 17.1 Å². The molecule has 104 valence electrons. The standard InChI is InChI=1S/C14H18O5/c1-8(15)19-10-7-6-9(13(17)18-5)12(16)11(10)14(2,3)4/h6-7,16H,1-5H3. The molecule has 0 saturated carbocycles. The molecule has 0 spiro atoms. The molecule has 0 saturated heterocycles. The van der Waals surface area contributed by atoms with E-state index >= 15 is 0 Å². The summed E-state index contributed by atoms with van der Waals surface area (Å²) >= 11 is 0. The Hall–Kier alpha value is -2.04. The van der Waals surface area contributed by atoms with Crippen molar-refractivity contribution in [2.45, 2.75) is 33.1 Å². The van der Waals surface area contributed by atoms with Crippen LogP contribution in [0, 0.1) is 0 Å². The lowest BCUT2D eigenvalue weighted by Crippen LogP contribution is -2.17. The molecule has 1 rings (SSSR count). The lowest BCUT2D eigenvalue weighted by molar-refractivity contribution is -0.131. The van der Waals surface area contributed by atoms with E-state index < -0.39 is 17.4 Å². The maximum absolute atomic E-state index is 11.6. The van der Waals surface area contributed by atoms with Crippen molar-refractivity contribution in [2.24, 2.45) is 0 Å². The number of ether oxygens (including phenoxy) is 2. The van der Waals surface area contributed by atoms with Crippen LogP contribution in [0.2, 0.25) is 0 Å². The highest BCUT2D eigenvalue weighted by molar-refractivity contribution is 5.93. The summed E-state index contributed by atoms with van der Waals surface area (Å²) in [6, 6.07) is 2.85. The van der Waals surface area contributed by atoms with Crippen LogP contribution in [0.15, 0.2) is 12.1 Å². The monoisotopic (exact) mass is 266 g/mol. The second-order valence-corrected chi connectivity index (χ2v) is 5.17. The number of phenolic OH excluding ortho intramolecular Hbond substituents is 1. The van der Waals surface area contributed by atoms with Gasteiger partial charge in [0.25, 0.3) is 0 Å². The average Bonchev–Trinajstić information content (AvgIpc) is 2.25.